The van der Waals surface area contributed by atoms with E-state index in [2.05, 4.69) is 20.4 Å². The van der Waals surface area contributed by atoms with Crippen LogP contribution in [0.2, 0.25) is 0 Å². The molecule has 1 nitrogen and oxygen atoms in total. The molecule has 0 atom stereocenters. The molecule has 0 saturated heterocycles. The first-order valence-corrected chi connectivity index (χ1v) is 5.09. The number of hydrogen-bond acceptors (Lipinski definition) is 1. The van der Waals surface area contributed by atoms with Gasteiger partial charge in [-0.1, -0.05) is 12.6 Å². The second-order valence-corrected chi connectivity index (χ2v) is 3.69. The van der Waals surface area contributed by atoms with Crippen molar-refractivity contribution in [3.63, 3.8) is 0 Å². The van der Waals surface area contributed by atoms with Gasteiger partial charge < -0.3 is 4.74 Å². The van der Waals surface area contributed by atoms with Crippen LogP contribution in [0.25, 0.3) is 0 Å². The van der Waals surface area contributed by atoms with E-state index in [-0.39, 0.29) is 0 Å². The first-order chi connectivity index (χ1) is 6.63. The normalized spacial score (nSPS) is 9.93. The molecule has 0 radical (unpaired) electrons. The topological polar surface area (TPSA) is 9.23 Å². The average Bonchev–Trinajstić information content (AvgIpc) is 2.19. The van der Waals surface area contributed by atoms with Crippen molar-refractivity contribution in [3.05, 3.63) is 41.5 Å². The van der Waals surface area contributed by atoms with Gasteiger partial charge >= 0.3 is 0 Å². The maximum Gasteiger partial charge on any atom is 0.120 e. The molecular formula is C12H15ClO. The Labute approximate surface area is 90.3 Å². The maximum absolute atomic E-state index is 5.60. The van der Waals surface area contributed by atoms with Crippen molar-refractivity contribution in [3.8, 4) is 5.75 Å². The summed E-state index contributed by atoms with van der Waals surface area (Å²) in [6.07, 6.45) is 0. The zero-order valence-electron chi connectivity index (χ0n) is 8.64. The summed E-state index contributed by atoms with van der Waals surface area (Å²) in [6, 6.07) is 6.04. The molecule has 0 aromatic heterocycles. The van der Waals surface area contributed by atoms with Crippen LogP contribution in [0.1, 0.15) is 11.1 Å². The van der Waals surface area contributed by atoms with Crippen LogP contribution in [0, 0.1) is 13.8 Å². The van der Waals surface area contributed by atoms with Crippen molar-refractivity contribution in [2.24, 2.45) is 0 Å². The van der Waals surface area contributed by atoms with Crippen LogP contribution in [0.4, 0.5) is 0 Å². The van der Waals surface area contributed by atoms with Crippen LogP contribution in [-0.4, -0.2) is 12.5 Å². The summed E-state index contributed by atoms with van der Waals surface area (Å²) in [5, 5.41) is 0. The first kappa shape index (κ1) is 11.1. The third-order valence-electron chi connectivity index (χ3n) is 2.11. The van der Waals surface area contributed by atoms with E-state index in [1.165, 1.54) is 11.1 Å². The van der Waals surface area contributed by atoms with Gasteiger partial charge in [0.2, 0.25) is 0 Å². The Bertz CT molecular complexity index is 331. The average molecular weight is 211 g/mol. The molecular weight excluding hydrogens is 196 g/mol. The molecule has 0 spiro atoms. The van der Waals surface area contributed by atoms with E-state index < -0.39 is 0 Å². The van der Waals surface area contributed by atoms with Gasteiger partial charge in [0.1, 0.15) is 12.4 Å². The number of benzene rings is 1. The van der Waals surface area contributed by atoms with Crippen LogP contribution >= 0.6 is 11.6 Å². The highest BCUT2D eigenvalue weighted by atomic mass is 35.5. The number of alkyl halides is 1. The second-order valence-electron chi connectivity index (χ2n) is 3.42. The fourth-order valence-corrected chi connectivity index (χ4v) is 1.10. The van der Waals surface area contributed by atoms with Crippen molar-refractivity contribution in [2.45, 2.75) is 13.8 Å². The van der Waals surface area contributed by atoms with Gasteiger partial charge in [-0.25, -0.2) is 0 Å². The van der Waals surface area contributed by atoms with E-state index in [4.69, 9.17) is 16.3 Å². The summed E-state index contributed by atoms with van der Waals surface area (Å²) in [5.74, 6) is 1.32. The standard InChI is InChI=1S/C12H15ClO/c1-9(7-13)8-14-12-5-4-10(2)11(3)6-12/h4-6H,1,7-8H2,2-3H3. The molecule has 0 N–H and O–H groups in total. The minimum atomic E-state index is 0.449. The van der Waals surface area contributed by atoms with E-state index in [1.807, 2.05) is 18.2 Å². The van der Waals surface area contributed by atoms with Crippen LogP contribution in [-0.2, 0) is 0 Å². The second kappa shape index (κ2) is 5.06. The van der Waals surface area contributed by atoms with Gasteiger partial charge in [-0.05, 0) is 42.7 Å². The van der Waals surface area contributed by atoms with Gasteiger partial charge in [-0.15, -0.1) is 11.6 Å². The summed E-state index contributed by atoms with van der Waals surface area (Å²) in [7, 11) is 0. The van der Waals surface area contributed by atoms with Crippen LogP contribution in [0.5, 0.6) is 5.75 Å². The van der Waals surface area contributed by atoms with E-state index in [1.54, 1.807) is 0 Å². The zero-order chi connectivity index (χ0) is 10.6. The lowest BCUT2D eigenvalue weighted by atomic mass is 10.1. The molecule has 0 saturated carbocycles. The molecule has 0 aliphatic carbocycles. The quantitative estimate of drug-likeness (QED) is 0.546. The van der Waals surface area contributed by atoms with Crippen LogP contribution in [0.3, 0.4) is 0 Å². The minimum absolute atomic E-state index is 0.449. The Morgan fingerprint density at radius 3 is 2.64 bits per heavy atom. The molecule has 0 heterocycles. The fraction of sp³-hybridized carbons (Fsp3) is 0.333. The SMILES string of the molecule is C=C(CCl)COc1ccc(C)c(C)c1. The summed E-state index contributed by atoms with van der Waals surface area (Å²) >= 11 is 5.60. The van der Waals surface area contributed by atoms with E-state index in [0.29, 0.717) is 12.5 Å². The highest BCUT2D eigenvalue weighted by Crippen LogP contribution is 2.16. The highest BCUT2D eigenvalue weighted by molar-refractivity contribution is 6.19. The lowest BCUT2D eigenvalue weighted by molar-refractivity contribution is 0.353. The molecule has 0 amide bonds. The number of halogens is 1. The van der Waals surface area contributed by atoms with Gasteiger partial charge in [0.15, 0.2) is 0 Å². The molecule has 76 valence electrons. The summed E-state index contributed by atoms with van der Waals surface area (Å²) < 4.78 is 5.51. The predicted molar refractivity (Wildman–Crippen MR) is 61.3 cm³/mol. The molecule has 0 fully saturated rings. The Kier molecular flexibility index (Phi) is 4.02. The Hall–Kier alpha value is -0.950. The van der Waals surface area contributed by atoms with Crippen molar-refractivity contribution < 1.29 is 4.74 Å². The third kappa shape index (κ3) is 3.08. The van der Waals surface area contributed by atoms with Crippen molar-refractivity contribution >= 4 is 11.6 Å². The van der Waals surface area contributed by atoms with Gasteiger partial charge in [-0.2, -0.15) is 0 Å². The molecule has 0 bridgehead atoms. The lowest BCUT2D eigenvalue weighted by Crippen LogP contribution is -2.01. The molecule has 1 rings (SSSR count). The van der Waals surface area contributed by atoms with Crippen molar-refractivity contribution in [1.82, 2.24) is 0 Å². The molecule has 1 aromatic carbocycles. The lowest BCUT2D eigenvalue weighted by Gasteiger charge is -2.08. The smallest absolute Gasteiger partial charge is 0.120 e. The highest BCUT2D eigenvalue weighted by Gasteiger charge is 1.98. The van der Waals surface area contributed by atoms with E-state index >= 15 is 0 Å². The Morgan fingerprint density at radius 1 is 1.36 bits per heavy atom. The monoisotopic (exact) mass is 210 g/mol. The minimum Gasteiger partial charge on any atom is -0.489 e. The van der Waals surface area contributed by atoms with E-state index in [0.717, 1.165) is 11.3 Å². The summed E-state index contributed by atoms with van der Waals surface area (Å²) in [6.45, 7) is 8.41. The molecule has 0 aliphatic heterocycles. The van der Waals surface area contributed by atoms with Crippen molar-refractivity contribution in [1.29, 1.82) is 0 Å². The Balaban J connectivity index is 2.60. The molecule has 1 aromatic rings. The van der Waals surface area contributed by atoms with Gasteiger partial charge in [0, 0.05) is 5.88 Å². The number of rotatable bonds is 4. The molecule has 0 unspecified atom stereocenters. The maximum atomic E-state index is 5.60. The van der Waals surface area contributed by atoms with Gasteiger partial charge in [0.05, 0.1) is 0 Å². The first-order valence-electron chi connectivity index (χ1n) is 4.56. The third-order valence-corrected chi connectivity index (χ3v) is 2.49. The Morgan fingerprint density at radius 2 is 2.07 bits per heavy atom. The van der Waals surface area contributed by atoms with Crippen molar-refractivity contribution in [2.75, 3.05) is 12.5 Å². The number of hydrogen-bond donors (Lipinski definition) is 0. The zero-order valence-corrected chi connectivity index (χ0v) is 9.40. The van der Waals surface area contributed by atoms with Gasteiger partial charge in [-0.3, -0.25) is 0 Å². The molecule has 14 heavy (non-hydrogen) atoms. The molecule has 2 heteroatoms. The number of aryl methyl sites for hydroxylation is 2. The fourth-order valence-electron chi connectivity index (χ4n) is 1.03. The van der Waals surface area contributed by atoms with Crippen LogP contribution < -0.4 is 4.74 Å². The van der Waals surface area contributed by atoms with Gasteiger partial charge in [0.25, 0.3) is 0 Å². The van der Waals surface area contributed by atoms with E-state index in [9.17, 15) is 0 Å². The predicted octanol–water partition coefficient (Wildman–Crippen LogP) is 3.48. The largest absolute Gasteiger partial charge is 0.489 e. The summed E-state index contributed by atoms with van der Waals surface area (Å²) in [4.78, 5) is 0. The summed E-state index contributed by atoms with van der Waals surface area (Å²) in [5.41, 5.74) is 3.40. The molecule has 0 aliphatic rings. The number of ether oxygens (including phenoxy) is 1. The van der Waals surface area contributed by atoms with Crippen LogP contribution in [0.15, 0.2) is 30.4 Å².